The molecule has 0 radical (unpaired) electrons. The van der Waals surface area contributed by atoms with E-state index >= 15 is 0 Å². The lowest BCUT2D eigenvalue weighted by atomic mass is 10.0. The Balaban J connectivity index is 2.34. The first-order chi connectivity index (χ1) is 9.51. The third-order valence-electron chi connectivity index (χ3n) is 3.07. The molecule has 0 unspecified atom stereocenters. The molecule has 2 aromatic rings. The summed E-state index contributed by atoms with van der Waals surface area (Å²) in [4.78, 5) is 9.00. The molecule has 4 heteroatoms. The Bertz CT molecular complexity index is 594. The molecule has 106 valence electrons. The van der Waals surface area contributed by atoms with E-state index in [1.807, 2.05) is 0 Å². The SMILES string of the molecule is CCc1nc(-c2ccc(CC(C)C)cc2)nc(Cl)c1I. The molecule has 20 heavy (non-hydrogen) atoms. The van der Waals surface area contributed by atoms with Crippen LogP contribution in [0.15, 0.2) is 24.3 Å². The molecule has 0 saturated heterocycles. The topological polar surface area (TPSA) is 25.8 Å². The molecule has 0 bridgehead atoms. The largest absolute Gasteiger partial charge is 0.232 e. The van der Waals surface area contributed by atoms with Crippen molar-refractivity contribution in [2.45, 2.75) is 33.6 Å². The third kappa shape index (κ3) is 3.70. The van der Waals surface area contributed by atoms with Gasteiger partial charge in [0.1, 0.15) is 5.15 Å². The van der Waals surface area contributed by atoms with E-state index in [4.69, 9.17) is 11.6 Å². The highest BCUT2D eigenvalue weighted by molar-refractivity contribution is 14.1. The van der Waals surface area contributed by atoms with E-state index < -0.39 is 0 Å². The standard InChI is InChI=1S/C16H18ClIN2/c1-4-13-14(18)15(17)20-16(19-13)12-7-5-11(6-8-12)9-10(2)3/h5-8,10H,4,9H2,1-3H3. The molecule has 0 fully saturated rings. The second-order valence-corrected chi connectivity index (χ2v) is 6.68. The van der Waals surface area contributed by atoms with Crippen molar-refractivity contribution in [1.82, 2.24) is 9.97 Å². The van der Waals surface area contributed by atoms with E-state index in [2.05, 4.69) is 77.6 Å². The van der Waals surface area contributed by atoms with Gasteiger partial charge in [-0.2, -0.15) is 0 Å². The Hall–Kier alpha value is -0.680. The van der Waals surface area contributed by atoms with E-state index in [0.717, 1.165) is 27.7 Å². The van der Waals surface area contributed by atoms with Gasteiger partial charge in [0.15, 0.2) is 5.82 Å². The van der Waals surface area contributed by atoms with Crippen molar-refractivity contribution in [3.05, 3.63) is 44.2 Å². The van der Waals surface area contributed by atoms with Crippen molar-refractivity contribution < 1.29 is 0 Å². The molecule has 0 atom stereocenters. The Morgan fingerprint density at radius 2 is 1.80 bits per heavy atom. The Morgan fingerprint density at radius 3 is 2.35 bits per heavy atom. The van der Waals surface area contributed by atoms with Crippen LogP contribution in [0.2, 0.25) is 5.15 Å². The zero-order valence-electron chi connectivity index (χ0n) is 12.0. The van der Waals surface area contributed by atoms with Gasteiger partial charge in [0.25, 0.3) is 0 Å². The van der Waals surface area contributed by atoms with E-state index in [0.29, 0.717) is 16.9 Å². The van der Waals surface area contributed by atoms with Crippen molar-refractivity contribution in [3.63, 3.8) is 0 Å². The summed E-state index contributed by atoms with van der Waals surface area (Å²) in [5.41, 5.74) is 3.37. The average molecular weight is 401 g/mol. The zero-order valence-corrected chi connectivity index (χ0v) is 14.9. The number of hydrogen-bond acceptors (Lipinski definition) is 2. The average Bonchev–Trinajstić information content (AvgIpc) is 2.42. The van der Waals surface area contributed by atoms with Gasteiger partial charge in [-0.05, 0) is 46.9 Å². The highest BCUT2D eigenvalue weighted by Crippen LogP contribution is 2.24. The fourth-order valence-corrected chi connectivity index (χ4v) is 2.90. The highest BCUT2D eigenvalue weighted by Gasteiger charge is 2.10. The molecule has 0 aliphatic carbocycles. The van der Waals surface area contributed by atoms with Crippen LogP contribution in [0.1, 0.15) is 32.0 Å². The van der Waals surface area contributed by atoms with Gasteiger partial charge in [0, 0.05) is 5.56 Å². The summed E-state index contributed by atoms with van der Waals surface area (Å²) >= 11 is 8.39. The van der Waals surface area contributed by atoms with Crippen LogP contribution in [0.5, 0.6) is 0 Å². The van der Waals surface area contributed by atoms with Crippen molar-refractivity contribution in [1.29, 1.82) is 0 Å². The number of rotatable bonds is 4. The minimum atomic E-state index is 0.540. The van der Waals surface area contributed by atoms with Gasteiger partial charge in [-0.25, -0.2) is 9.97 Å². The van der Waals surface area contributed by atoms with Crippen LogP contribution >= 0.6 is 34.2 Å². The summed E-state index contributed by atoms with van der Waals surface area (Å²) in [6, 6.07) is 8.46. The van der Waals surface area contributed by atoms with Gasteiger partial charge in [-0.1, -0.05) is 56.6 Å². The van der Waals surface area contributed by atoms with Crippen LogP contribution < -0.4 is 0 Å². The molecule has 1 aromatic carbocycles. The lowest BCUT2D eigenvalue weighted by Crippen LogP contribution is -2.00. The molecule has 0 aliphatic rings. The smallest absolute Gasteiger partial charge is 0.161 e. The molecule has 2 rings (SSSR count). The highest BCUT2D eigenvalue weighted by atomic mass is 127. The lowest BCUT2D eigenvalue weighted by Gasteiger charge is -2.08. The Morgan fingerprint density at radius 1 is 1.15 bits per heavy atom. The maximum Gasteiger partial charge on any atom is 0.161 e. The third-order valence-corrected chi connectivity index (χ3v) is 4.80. The van der Waals surface area contributed by atoms with Crippen LogP contribution in [-0.2, 0) is 12.8 Å². The second-order valence-electron chi connectivity index (χ2n) is 5.25. The van der Waals surface area contributed by atoms with Crippen LogP contribution in [0.3, 0.4) is 0 Å². The fourth-order valence-electron chi connectivity index (χ4n) is 2.09. The predicted molar refractivity (Wildman–Crippen MR) is 93.1 cm³/mol. The molecular formula is C16H18ClIN2. The van der Waals surface area contributed by atoms with Crippen molar-refractivity contribution in [3.8, 4) is 11.4 Å². The summed E-state index contributed by atoms with van der Waals surface area (Å²) in [5, 5.41) is 0.540. The predicted octanol–water partition coefficient (Wildman–Crippen LogP) is 5.16. The van der Waals surface area contributed by atoms with Gasteiger partial charge in [-0.3, -0.25) is 0 Å². The number of nitrogens with zero attached hydrogens (tertiary/aromatic N) is 2. The van der Waals surface area contributed by atoms with Crippen molar-refractivity contribution in [2.75, 3.05) is 0 Å². The fraction of sp³-hybridized carbons (Fsp3) is 0.375. The normalized spacial score (nSPS) is 11.1. The minimum Gasteiger partial charge on any atom is -0.232 e. The maximum absolute atomic E-state index is 6.19. The number of aromatic nitrogens is 2. The monoisotopic (exact) mass is 400 g/mol. The molecular weight excluding hydrogens is 383 g/mol. The van der Waals surface area contributed by atoms with Gasteiger partial charge < -0.3 is 0 Å². The second kappa shape index (κ2) is 6.85. The summed E-state index contributed by atoms with van der Waals surface area (Å²) in [6.45, 7) is 6.53. The lowest BCUT2D eigenvalue weighted by molar-refractivity contribution is 0.647. The zero-order chi connectivity index (χ0) is 14.7. The molecule has 0 saturated carbocycles. The van der Waals surface area contributed by atoms with E-state index in [9.17, 15) is 0 Å². The maximum atomic E-state index is 6.19. The molecule has 0 amide bonds. The van der Waals surface area contributed by atoms with Gasteiger partial charge in [0.05, 0.1) is 9.26 Å². The molecule has 1 aromatic heterocycles. The van der Waals surface area contributed by atoms with Gasteiger partial charge in [0.2, 0.25) is 0 Å². The first kappa shape index (κ1) is 15.7. The summed E-state index contributed by atoms with van der Waals surface area (Å²) < 4.78 is 0.951. The molecule has 0 spiro atoms. The minimum absolute atomic E-state index is 0.540. The molecule has 1 heterocycles. The number of benzene rings is 1. The van der Waals surface area contributed by atoms with Crippen LogP contribution in [0, 0.1) is 9.49 Å². The van der Waals surface area contributed by atoms with E-state index in [1.165, 1.54) is 5.56 Å². The van der Waals surface area contributed by atoms with E-state index in [1.54, 1.807) is 0 Å². The number of halogens is 2. The number of aryl methyl sites for hydroxylation is 1. The summed E-state index contributed by atoms with van der Waals surface area (Å²) in [5.74, 6) is 1.37. The van der Waals surface area contributed by atoms with Crippen LogP contribution in [-0.4, -0.2) is 9.97 Å². The molecule has 0 N–H and O–H groups in total. The first-order valence-electron chi connectivity index (χ1n) is 6.82. The summed E-state index contributed by atoms with van der Waals surface area (Å²) in [6.07, 6.45) is 1.95. The van der Waals surface area contributed by atoms with E-state index in [-0.39, 0.29) is 0 Å². The quantitative estimate of drug-likeness (QED) is 0.523. The van der Waals surface area contributed by atoms with Crippen LogP contribution in [0.4, 0.5) is 0 Å². The van der Waals surface area contributed by atoms with Crippen LogP contribution in [0.25, 0.3) is 11.4 Å². The Labute approximate surface area is 139 Å². The molecule has 0 aliphatic heterocycles. The first-order valence-corrected chi connectivity index (χ1v) is 8.28. The molecule has 2 nitrogen and oxygen atoms in total. The van der Waals surface area contributed by atoms with Crippen molar-refractivity contribution in [2.24, 2.45) is 5.92 Å². The summed E-state index contributed by atoms with van der Waals surface area (Å²) in [7, 11) is 0. The number of hydrogen-bond donors (Lipinski definition) is 0. The van der Waals surface area contributed by atoms with Crippen molar-refractivity contribution >= 4 is 34.2 Å². The van der Waals surface area contributed by atoms with Gasteiger partial charge in [-0.15, -0.1) is 0 Å². The van der Waals surface area contributed by atoms with Gasteiger partial charge >= 0.3 is 0 Å². The Kier molecular flexibility index (Phi) is 5.38.